The molecule has 3 nitrogen and oxygen atoms in total. The molecular weight excluding hydrogens is 174 g/mol. The Morgan fingerprint density at radius 2 is 1.79 bits per heavy atom. The fourth-order valence-electron chi connectivity index (χ4n) is 1.46. The van der Waals surface area contributed by atoms with Crippen LogP contribution < -0.4 is 5.32 Å². The van der Waals surface area contributed by atoms with E-state index in [0.717, 1.165) is 32.6 Å². The van der Waals surface area contributed by atoms with E-state index in [1.54, 1.807) is 0 Å². The summed E-state index contributed by atoms with van der Waals surface area (Å²) < 4.78 is 0. The summed E-state index contributed by atoms with van der Waals surface area (Å²) in [6.07, 6.45) is 10.1. The zero-order valence-electron chi connectivity index (χ0n) is 8.91. The lowest BCUT2D eigenvalue weighted by Crippen LogP contribution is -2.17. The maximum atomic E-state index is 4.30. The van der Waals surface area contributed by atoms with Gasteiger partial charge in [0.05, 0.1) is 6.54 Å². The molecule has 0 aliphatic carbocycles. The van der Waals surface area contributed by atoms with Crippen molar-refractivity contribution < 1.29 is 0 Å². The monoisotopic (exact) mass is 195 g/mol. The van der Waals surface area contributed by atoms with Crippen molar-refractivity contribution in [2.45, 2.75) is 32.1 Å². The van der Waals surface area contributed by atoms with E-state index in [1.165, 1.54) is 25.7 Å². The third-order valence-electron chi connectivity index (χ3n) is 2.29. The smallest absolute Gasteiger partial charge is 0.0733 e. The molecule has 3 heteroatoms. The van der Waals surface area contributed by atoms with Gasteiger partial charge in [-0.15, -0.1) is 0 Å². The van der Waals surface area contributed by atoms with E-state index in [9.17, 15) is 0 Å². The number of hydrogen-bond acceptors (Lipinski definition) is 3. The number of aliphatic imine (C=N–C) groups is 2. The van der Waals surface area contributed by atoms with Crippen LogP contribution in [0.5, 0.6) is 0 Å². The van der Waals surface area contributed by atoms with Crippen LogP contribution in [0.25, 0.3) is 0 Å². The molecule has 0 amide bonds. The summed E-state index contributed by atoms with van der Waals surface area (Å²) >= 11 is 0. The quantitative estimate of drug-likeness (QED) is 0.627. The molecule has 0 fully saturated rings. The molecule has 0 spiro atoms. The average molecular weight is 195 g/mol. The minimum atomic E-state index is 0.750. The first-order valence-electron chi connectivity index (χ1n) is 5.67. The first-order chi connectivity index (χ1) is 7.00. The van der Waals surface area contributed by atoms with E-state index in [-0.39, 0.29) is 0 Å². The van der Waals surface area contributed by atoms with Gasteiger partial charge in [-0.05, 0) is 25.8 Å². The van der Waals surface area contributed by atoms with Gasteiger partial charge in [-0.1, -0.05) is 12.8 Å². The third-order valence-corrected chi connectivity index (χ3v) is 2.29. The Morgan fingerprint density at radius 1 is 0.857 bits per heavy atom. The highest BCUT2D eigenvalue weighted by molar-refractivity contribution is 5.65. The Kier molecular flexibility index (Phi) is 7.21. The summed E-state index contributed by atoms with van der Waals surface area (Å²) in [7, 11) is 0. The highest BCUT2D eigenvalue weighted by Gasteiger charge is 1.90. The normalized spacial score (nSPS) is 21.7. The summed E-state index contributed by atoms with van der Waals surface area (Å²) in [6, 6.07) is 0. The van der Waals surface area contributed by atoms with Crippen molar-refractivity contribution in [3.05, 3.63) is 0 Å². The maximum absolute atomic E-state index is 4.30. The minimum absolute atomic E-state index is 0.750. The molecule has 1 N–H and O–H groups in total. The van der Waals surface area contributed by atoms with Crippen LogP contribution in [0.2, 0.25) is 0 Å². The third kappa shape index (κ3) is 6.78. The fraction of sp³-hybridized carbons (Fsp3) is 0.818. The Morgan fingerprint density at radius 3 is 2.79 bits per heavy atom. The highest BCUT2D eigenvalue weighted by Crippen LogP contribution is 1.98. The topological polar surface area (TPSA) is 36.8 Å². The molecule has 0 atom stereocenters. The molecule has 1 heterocycles. The lowest BCUT2D eigenvalue weighted by Gasteiger charge is -2.02. The molecule has 0 aromatic carbocycles. The second-order valence-corrected chi connectivity index (χ2v) is 3.59. The van der Waals surface area contributed by atoms with Crippen LogP contribution in [0.15, 0.2) is 9.98 Å². The average Bonchev–Trinajstić information content (AvgIpc) is 2.22. The SMILES string of the molecule is C1=NCC=NCCCCCCNCC1. The molecule has 0 radical (unpaired) electrons. The van der Waals surface area contributed by atoms with Crippen LogP contribution in [0.1, 0.15) is 32.1 Å². The Balaban J connectivity index is 2.17. The predicted molar refractivity (Wildman–Crippen MR) is 62.7 cm³/mol. The number of nitrogens with one attached hydrogen (secondary N) is 1. The van der Waals surface area contributed by atoms with Crippen LogP contribution in [0, 0.1) is 0 Å². The van der Waals surface area contributed by atoms with Crippen LogP contribution in [-0.2, 0) is 0 Å². The number of hydrogen-bond donors (Lipinski definition) is 1. The zero-order valence-corrected chi connectivity index (χ0v) is 8.91. The molecule has 0 aromatic heterocycles. The van der Waals surface area contributed by atoms with E-state index < -0.39 is 0 Å². The Hall–Kier alpha value is -0.700. The molecule has 80 valence electrons. The van der Waals surface area contributed by atoms with Gasteiger partial charge in [-0.25, -0.2) is 0 Å². The lowest BCUT2D eigenvalue weighted by molar-refractivity contribution is 0.596. The van der Waals surface area contributed by atoms with Gasteiger partial charge in [0.1, 0.15) is 0 Å². The Bertz CT molecular complexity index is 157. The largest absolute Gasteiger partial charge is 0.316 e. The van der Waals surface area contributed by atoms with E-state index in [0.29, 0.717) is 0 Å². The van der Waals surface area contributed by atoms with Crippen LogP contribution in [-0.4, -0.2) is 38.6 Å². The fourth-order valence-corrected chi connectivity index (χ4v) is 1.46. The van der Waals surface area contributed by atoms with Crippen LogP contribution in [0.3, 0.4) is 0 Å². The summed E-state index contributed by atoms with van der Waals surface area (Å²) in [4.78, 5) is 8.55. The maximum Gasteiger partial charge on any atom is 0.0733 e. The minimum Gasteiger partial charge on any atom is -0.316 e. The van der Waals surface area contributed by atoms with Crippen LogP contribution in [0.4, 0.5) is 0 Å². The van der Waals surface area contributed by atoms with Crippen molar-refractivity contribution in [2.75, 3.05) is 26.2 Å². The molecule has 14 heavy (non-hydrogen) atoms. The van der Waals surface area contributed by atoms with E-state index in [1.807, 2.05) is 12.4 Å². The first-order valence-corrected chi connectivity index (χ1v) is 5.67. The molecule has 0 saturated heterocycles. The molecule has 0 unspecified atom stereocenters. The van der Waals surface area contributed by atoms with Crippen molar-refractivity contribution in [3.63, 3.8) is 0 Å². The van der Waals surface area contributed by atoms with Gasteiger partial charge in [0.25, 0.3) is 0 Å². The number of nitrogens with zero attached hydrogens (tertiary/aromatic N) is 2. The van der Waals surface area contributed by atoms with Crippen LogP contribution >= 0.6 is 0 Å². The zero-order chi connectivity index (χ0) is 9.90. The molecule has 1 aliphatic heterocycles. The first kappa shape index (κ1) is 11.4. The van der Waals surface area contributed by atoms with Gasteiger partial charge in [0, 0.05) is 25.5 Å². The Labute approximate surface area is 86.7 Å². The number of rotatable bonds is 0. The van der Waals surface area contributed by atoms with Gasteiger partial charge in [0.15, 0.2) is 0 Å². The predicted octanol–water partition coefficient (Wildman–Crippen LogP) is 1.68. The van der Waals surface area contributed by atoms with Gasteiger partial charge >= 0.3 is 0 Å². The molecule has 1 rings (SSSR count). The van der Waals surface area contributed by atoms with Crippen molar-refractivity contribution in [2.24, 2.45) is 9.98 Å². The van der Waals surface area contributed by atoms with Gasteiger partial charge < -0.3 is 5.32 Å². The summed E-state index contributed by atoms with van der Waals surface area (Å²) in [6.45, 7) is 3.93. The molecule has 0 saturated carbocycles. The summed E-state index contributed by atoms with van der Waals surface area (Å²) in [5.74, 6) is 0. The summed E-state index contributed by atoms with van der Waals surface area (Å²) in [5.41, 5.74) is 0. The van der Waals surface area contributed by atoms with E-state index >= 15 is 0 Å². The van der Waals surface area contributed by atoms with Gasteiger partial charge in [0.2, 0.25) is 0 Å². The van der Waals surface area contributed by atoms with Crippen molar-refractivity contribution in [3.8, 4) is 0 Å². The van der Waals surface area contributed by atoms with E-state index in [2.05, 4.69) is 15.3 Å². The van der Waals surface area contributed by atoms with Crippen molar-refractivity contribution >= 4 is 12.4 Å². The molecular formula is C11H21N3. The van der Waals surface area contributed by atoms with E-state index in [4.69, 9.17) is 0 Å². The standard InChI is InChI=1S/C11H21N3/c1-2-4-7-13-10-11-14-9-5-8-12-6-3-1/h9-10,12H,1-8,11H2. The highest BCUT2D eigenvalue weighted by atomic mass is 14.8. The van der Waals surface area contributed by atoms with Crippen molar-refractivity contribution in [1.82, 2.24) is 5.32 Å². The molecule has 0 aromatic rings. The van der Waals surface area contributed by atoms with Gasteiger partial charge in [-0.3, -0.25) is 9.98 Å². The lowest BCUT2D eigenvalue weighted by atomic mass is 10.2. The molecule has 1 aliphatic rings. The second kappa shape index (κ2) is 8.88. The molecule has 0 bridgehead atoms. The second-order valence-electron chi connectivity index (χ2n) is 3.59. The van der Waals surface area contributed by atoms with Crippen molar-refractivity contribution in [1.29, 1.82) is 0 Å². The van der Waals surface area contributed by atoms with Gasteiger partial charge in [-0.2, -0.15) is 0 Å². The summed E-state index contributed by atoms with van der Waals surface area (Å²) in [5, 5.41) is 3.41.